The van der Waals surface area contributed by atoms with E-state index in [4.69, 9.17) is 19.1 Å². The first-order valence-electron chi connectivity index (χ1n) is 27.4. The number of methoxy groups -OCH3 is 2. The molecule has 23 heteroatoms. The van der Waals surface area contributed by atoms with Crippen molar-refractivity contribution in [3.63, 3.8) is 0 Å². The topological polar surface area (TPSA) is 234 Å². The molecule has 0 radical (unpaired) electrons. The Morgan fingerprint density at radius 1 is 0.584 bits per heavy atom. The number of nitrogens with one attached hydrogen (secondary N) is 1. The van der Waals surface area contributed by atoms with Crippen LogP contribution in [0.3, 0.4) is 0 Å². The zero-order chi connectivity index (χ0) is 56.2. The van der Waals surface area contributed by atoms with Gasteiger partial charge in [-0.3, -0.25) is 44.4 Å². The van der Waals surface area contributed by atoms with E-state index in [9.17, 15) is 34.6 Å². The molecule has 2 aromatic carbocycles. The maximum absolute atomic E-state index is 12.8. The Kier molecular flexibility index (Phi) is 34.1. The predicted octanol–water partition coefficient (Wildman–Crippen LogP) is 4.23. The summed E-state index contributed by atoms with van der Waals surface area (Å²) in [5.74, 6) is -0.594. The molecule has 432 valence electrons. The highest BCUT2D eigenvalue weighted by Crippen LogP contribution is 2.20. The van der Waals surface area contributed by atoms with E-state index in [-0.39, 0.29) is 52.4 Å². The number of carbonyl (C=O) groups excluding carboxylic acids is 5. The number of nitro benzene ring substituents is 2. The molecule has 0 saturated carbocycles. The molecular formula is C54H87BrN10O12. The van der Waals surface area contributed by atoms with Crippen LogP contribution in [0.25, 0.3) is 0 Å². The lowest BCUT2D eigenvalue weighted by atomic mass is 10.0. The quantitative estimate of drug-likeness (QED) is 0.0814. The molecule has 2 aromatic rings. The lowest BCUT2D eigenvalue weighted by molar-refractivity contribution is -0.385. The first-order chi connectivity index (χ1) is 37.3. The second kappa shape index (κ2) is 39.5. The van der Waals surface area contributed by atoms with E-state index >= 15 is 0 Å². The number of non-ortho nitro benzene ring substituents is 2. The number of ether oxygens (including phenoxy) is 3. The molecular weight excluding hydrogens is 1060 g/mol. The van der Waals surface area contributed by atoms with Crippen molar-refractivity contribution >= 4 is 51.4 Å². The Morgan fingerprint density at radius 2 is 0.987 bits per heavy atom. The van der Waals surface area contributed by atoms with Crippen molar-refractivity contribution in [3.8, 4) is 0 Å². The molecule has 0 amide bonds. The number of benzene rings is 2. The minimum atomic E-state index is -0.392. The molecule has 1 N–H and O–H groups in total. The molecule has 6 rings (SSSR count). The Balaban J connectivity index is 0.000000345. The number of hydrogen-bond donors (Lipinski definition) is 1. The van der Waals surface area contributed by atoms with Crippen LogP contribution in [0.2, 0.25) is 0 Å². The smallest absolute Gasteiger partial charge is 0.373 e. The molecule has 0 spiro atoms. The average Bonchev–Trinajstić information content (AvgIpc) is 3.44. The minimum absolute atomic E-state index is 0.0855. The molecule has 77 heavy (non-hydrogen) atoms. The lowest BCUT2D eigenvalue weighted by Crippen LogP contribution is -2.50. The van der Waals surface area contributed by atoms with Gasteiger partial charge in [-0.05, 0) is 122 Å². The number of aryl methyl sites for hydroxylation is 2. The van der Waals surface area contributed by atoms with Crippen LogP contribution >= 0.6 is 15.9 Å². The molecule has 6 unspecified atom stereocenters. The van der Waals surface area contributed by atoms with Gasteiger partial charge in [-0.1, -0.05) is 47.1 Å². The standard InChI is InChI=1S/C26H43N5O4.C23H37N5O4.C4H7BrO2.CO2/c1-3-12-27-13-4-14-29-20-19-28(18-17-27)15-5-16-30(22-21-29)25(26(32)35-2)11-8-23-6-9-24(10-7-23)31(33)34;1-32-23(29)22(9-6-20-4-7-21(8-5-20)28(30)31)27-14-3-13-25-15-11-24-10-2-12-26(17-16-25)18-19-27;1-2-7-4(6)3-5;2-1-3/h6-7,9-10,25H,3-5,8,11-22H2,1-2H3;4-5,7-8,22,24H,2-3,6,9-19H2,1H3;2-3H2,1H3;. The van der Waals surface area contributed by atoms with E-state index in [1.54, 1.807) is 31.2 Å². The van der Waals surface area contributed by atoms with E-state index < -0.39 is 4.92 Å². The van der Waals surface area contributed by atoms with Gasteiger partial charge in [0.15, 0.2) is 0 Å². The first-order valence-corrected chi connectivity index (χ1v) is 28.5. The Bertz CT molecular complexity index is 2040. The van der Waals surface area contributed by atoms with Gasteiger partial charge in [-0.15, -0.1) is 0 Å². The Hall–Kier alpha value is -4.81. The van der Waals surface area contributed by atoms with Crippen LogP contribution in [-0.4, -0.2) is 244 Å². The normalized spacial score (nSPS) is 21.9. The third kappa shape index (κ3) is 26.6. The van der Waals surface area contributed by atoms with Gasteiger partial charge in [-0.25, -0.2) is 0 Å². The molecule has 4 aliphatic heterocycles. The number of rotatable bonds is 16. The Labute approximate surface area is 464 Å². The third-order valence-corrected chi connectivity index (χ3v) is 14.8. The van der Waals surface area contributed by atoms with E-state index in [0.29, 0.717) is 37.6 Å². The predicted molar refractivity (Wildman–Crippen MR) is 297 cm³/mol. The third-order valence-electron chi connectivity index (χ3n) is 14.3. The van der Waals surface area contributed by atoms with Gasteiger partial charge in [0.2, 0.25) is 0 Å². The fraction of sp³-hybridized carbons (Fsp3) is 0.704. The molecule has 4 fully saturated rings. The molecule has 4 bridgehead atoms. The van der Waals surface area contributed by atoms with Crippen molar-refractivity contribution in [3.05, 3.63) is 79.9 Å². The van der Waals surface area contributed by atoms with E-state index in [1.807, 2.05) is 0 Å². The van der Waals surface area contributed by atoms with Gasteiger partial charge in [-0.2, -0.15) is 9.59 Å². The number of fused-ring (bicyclic) bond motifs is 6. The van der Waals surface area contributed by atoms with Crippen LogP contribution in [0.5, 0.6) is 0 Å². The van der Waals surface area contributed by atoms with Gasteiger partial charge < -0.3 is 44.0 Å². The van der Waals surface area contributed by atoms with Crippen LogP contribution in [0, 0.1) is 20.2 Å². The number of hydrogen-bond acceptors (Lipinski definition) is 20. The van der Waals surface area contributed by atoms with Crippen molar-refractivity contribution in [2.75, 3.05) is 164 Å². The first kappa shape index (κ1) is 66.5. The largest absolute Gasteiger partial charge is 0.468 e. The van der Waals surface area contributed by atoms with Crippen LogP contribution in [0.1, 0.15) is 69.9 Å². The molecule has 4 saturated heterocycles. The number of nitrogens with zero attached hydrogens (tertiary/aromatic N) is 9. The Morgan fingerprint density at radius 3 is 1.38 bits per heavy atom. The highest BCUT2D eigenvalue weighted by molar-refractivity contribution is 9.09. The summed E-state index contributed by atoms with van der Waals surface area (Å²) in [6, 6.07) is 12.6. The van der Waals surface area contributed by atoms with Gasteiger partial charge in [0.1, 0.15) is 17.4 Å². The molecule has 4 heterocycles. The second-order valence-corrected chi connectivity index (χ2v) is 20.0. The van der Waals surface area contributed by atoms with E-state index in [2.05, 4.69) is 67.2 Å². The molecule has 0 aromatic heterocycles. The van der Waals surface area contributed by atoms with Gasteiger partial charge in [0.05, 0.1) is 30.7 Å². The van der Waals surface area contributed by atoms with Crippen LogP contribution < -0.4 is 5.32 Å². The fourth-order valence-corrected chi connectivity index (χ4v) is 10.2. The van der Waals surface area contributed by atoms with Crippen molar-refractivity contribution in [1.29, 1.82) is 0 Å². The van der Waals surface area contributed by atoms with Crippen molar-refractivity contribution in [1.82, 2.24) is 39.6 Å². The molecule has 0 aliphatic carbocycles. The zero-order valence-electron chi connectivity index (χ0n) is 46.2. The molecule has 6 atom stereocenters. The summed E-state index contributed by atoms with van der Waals surface area (Å²) in [5.41, 5.74) is 2.16. The fourth-order valence-electron chi connectivity index (χ4n) is 10.1. The number of esters is 3. The number of carbonyl (C=O) groups is 3. The van der Waals surface area contributed by atoms with Crippen molar-refractivity contribution < 1.29 is 48.0 Å². The summed E-state index contributed by atoms with van der Waals surface area (Å²) in [6.07, 6.45) is 8.45. The maximum atomic E-state index is 12.8. The van der Waals surface area contributed by atoms with Crippen LogP contribution in [-0.2, 0) is 51.0 Å². The maximum Gasteiger partial charge on any atom is 0.373 e. The highest BCUT2D eigenvalue weighted by Gasteiger charge is 2.30. The summed E-state index contributed by atoms with van der Waals surface area (Å²) >= 11 is 2.94. The average molecular weight is 1150 g/mol. The van der Waals surface area contributed by atoms with E-state index in [1.165, 1.54) is 57.9 Å². The number of nitro groups is 2. The summed E-state index contributed by atoms with van der Waals surface area (Å²) in [7, 11) is 2.92. The lowest BCUT2D eigenvalue weighted by Gasteiger charge is -2.37. The number of halogens is 1. The summed E-state index contributed by atoms with van der Waals surface area (Å²) in [6.45, 7) is 26.1. The zero-order valence-corrected chi connectivity index (χ0v) is 47.8. The molecule has 22 nitrogen and oxygen atoms in total. The van der Waals surface area contributed by atoms with Gasteiger partial charge in [0, 0.05) is 116 Å². The second-order valence-electron chi connectivity index (χ2n) is 19.5. The summed E-state index contributed by atoms with van der Waals surface area (Å²) in [5, 5.41) is 25.7. The number of alkyl halides is 1. The van der Waals surface area contributed by atoms with E-state index in [0.717, 1.165) is 161 Å². The van der Waals surface area contributed by atoms with Crippen LogP contribution in [0.4, 0.5) is 11.4 Å². The molecule has 4 aliphatic rings. The highest BCUT2D eigenvalue weighted by atomic mass is 79.9. The van der Waals surface area contributed by atoms with Crippen molar-refractivity contribution in [2.45, 2.75) is 83.7 Å². The van der Waals surface area contributed by atoms with Crippen molar-refractivity contribution in [2.24, 2.45) is 0 Å². The summed E-state index contributed by atoms with van der Waals surface area (Å²) < 4.78 is 14.9. The van der Waals surface area contributed by atoms with Gasteiger partial charge >= 0.3 is 24.1 Å². The monoisotopic (exact) mass is 1150 g/mol. The summed E-state index contributed by atoms with van der Waals surface area (Å²) in [4.78, 5) is 90.4. The van der Waals surface area contributed by atoms with Gasteiger partial charge in [0.25, 0.3) is 11.4 Å². The SMILES string of the molecule is CCCN1CCCN2CCN(CCCN(C(CCc3ccc([N+](=O)[O-])cc3)C(=O)OC)CC2)CC1.CCOC(=O)CBr.COC(=O)C(CCc1ccc([N+](=O)[O-])cc1)N1CCCN2CCNCCCN(CC2)CC1.O=C=O. The van der Waals surface area contributed by atoms with Crippen LogP contribution in [0.15, 0.2) is 48.5 Å². The minimum Gasteiger partial charge on any atom is -0.468 e.